The highest BCUT2D eigenvalue weighted by Crippen LogP contribution is 2.41. The number of para-hydroxylation sites is 5. The standard InChI is InChI=1S/C65H39N3O/c69-65-55-31-27-41(37-56(55)54-23-12-22-53-50-18-4-9-26-61(50)68(65)64(53)54)40-13-10-14-44(35-40)48-21-11-15-45-36-47(30-32-49(45)48)67-60-25-8-6-20-52(60)58-39-43(29-34-63(58)67)42-28-33-62-57(38-42)51-19-5-7-24-59(51)66(62)46-16-2-1-3-17-46/h1-39H. The molecule has 0 aliphatic rings. The van der Waals surface area contributed by atoms with Crippen LogP contribution in [-0.4, -0.2) is 13.5 Å². The van der Waals surface area contributed by atoms with Crippen molar-refractivity contribution in [1.82, 2.24) is 13.5 Å². The molecule has 0 spiro atoms. The Morgan fingerprint density at radius 1 is 0.261 bits per heavy atom. The number of hydrogen-bond donors (Lipinski definition) is 0. The Labute approximate surface area is 395 Å². The first kappa shape index (κ1) is 37.9. The summed E-state index contributed by atoms with van der Waals surface area (Å²) in [6.07, 6.45) is 0. The zero-order chi connectivity index (χ0) is 45.3. The van der Waals surface area contributed by atoms with Gasteiger partial charge in [0.2, 0.25) is 0 Å². The molecule has 0 amide bonds. The molecule has 4 heteroatoms. The summed E-state index contributed by atoms with van der Waals surface area (Å²) < 4.78 is 6.69. The Kier molecular flexibility index (Phi) is 7.90. The first-order valence-electron chi connectivity index (χ1n) is 23.6. The van der Waals surface area contributed by atoms with Gasteiger partial charge in [0, 0.05) is 54.5 Å². The third-order valence-corrected chi connectivity index (χ3v) is 14.8. The van der Waals surface area contributed by atoms with Crippen LogP contribution in [-0.2, 0) is 0 Å². The quantitative estimate of drug-likeness (QED) is 0.159. The molecular formula is C65H39N3O. The zero-order valence-electron chi connectivity index (χ0n) is 37.3. The molecule has 0 aliphatic heterocycles. The van der Waals surface area contributed by atoms with Crippen molar-refractivity contribution in [3.05, 3.63) is 247 Å². The highest BCUT2D eigenvalue weighted by Gasteiger charge is 2.19. The predicted molar refractivity (Wildman–Crippen MR) is 290 cm³/mol. The summed E-state index contributed by atoms with van der Waals surface area (Å²) in [6.45, 7) is 0. The van der Waals surface area contributed by atoms with E-state index in [0.29, 0.717) is 0 Å². The van der Waals surface area contributed by atoms with Gasteiger partial charge < -0.3 is 9.13 Å². The number of rotatable bonds is 5. The van der Waals surface area contributed by atoms with Gasteiger partial charge >= 0.3 is 0 Å². The van der Waals surface area contributed by atoms with Gasteiger partial charge in [-0.25, -0.2) is 0 Å². The number of nitrogens with zero attached hydrogens (tertiary/aromatic N) is 3. The zero-order valence-corrected chi connectivity index (χ0v) is 37.3. The number of aromatic nitrogens is 3. The van der Waals surface area contributed by atoms with Gasteiger partial charge in [-0.1, -0.05) is 152 Å². The molecule has 0 fully saturated rings. The van der Waals surface area contributed by atoms with Crippen molar-refractivity contribution in [2.24, 2.45) is 0 Å². The maximum Gasteiger partial charge on any atom is 0.263 e. The summed E-state index contributed by atoms with van der Waals surface area (Å²) in [5.74, 6) is 0. The monoisotopic (exact) mass is 877 g/mol. The summed E-state index contributed by atoms with van der Waals surface area (Å²) in [6, 6.07) is 85.2. The van der Waals surface area contributed by atoms with Crippen LogP contribution in [0.4, 0.5) is 0 Å². The SMILES string of the molecule is O=c1c2ccc(-c3cccc(-c4cccc5cc(-n6c7ccccc7c7cc(-c8ccc9c(c8)c8ccccc8n9-c8ccccc8)ccc76)ccc45)c3)cc2c2cccc3c4ccccc4n1c23. The van der Waals surface area contributed by atoms with Crippen molar-refractivity contribution >= 4 is 92.3 Å². The molecule has 11 aromatic carbocycles. The van der Waals surface area contributed by atoms with Crippen molar-refractivity contribution in [3.63, 3.8) is 0 Å². The van der Waals surface area contributed by atoms with Crippen LogP contribution in [0.2, 0.25) is 0 Å². The smallest absolute Gasteiger partial charge is 0.263 e. The van der Waals surface area contributed by atoms with E-state index in [1.54, 1.807) is 0 Å². The number of fused-ring (bicyclic) bond motifs is 12. The Morgan fingerprint density at radius 3 is 1.46 bits per heavy atom. The number of benzene rings is 11. The van der Waals surface area contributed by atoms with Crippen molar-refractivity contribution in [2.45, 2.75) is 0 Å². The van der Waals surface area contributed by atoms with E-state index < -0.39 is 0 Å². The third kappa shape index (κ3) is 5.48. The Bertz CT molecular complexity index is 4690. The summed E-state index contributed by atoms with van der Waals surface area (Å²) in [5, 5.41) is 12.3. The summed E-state index contributed by atoms with van der Waals surface area (Å²) >= 11 is 0. The van der Waals surface area contributed by atoms with E-state index in [4.69, 9.17) is 0 Å². The lowest BCUT2D eigenvalue weighted by Crippen LogP contribution is -2.12. The number of pyridine rings is 1. The fourth-order valence-electron chi connectivity index (χ4n) is 11.7. The maximum atomic E-state index is 14.1. The van der Waals surface area contributed by atoms with E-state index in [1.807, 2.05) is 28.7 Å². The predicted octanol–water partition coefficient (Wildman–Crippen LogP) is 16.5. The van der Waals surface area contributed by atoms with Crippen molar-refractivity contribution in [1.29, 1.82) is 0 Å². The van der Waals surface area contributed by atoms with Crippen LogP contribution in [0.1, 0.15) is 0 Å². The summed E-state index contributed by atoms with van der Waals surface area (Å²) in [5.41, 5.74) is 15.9. The molecule has 4 nitrogen and oxygen atoms in total. The molecule has 0 N–H and O–H groups in total. The molecule has 0 saturated carbocycles. The van der Waals surface area contributed by atoms with E-state index in [-0.39, 0.29) is 5.56 Å². The van der Waals surface area contributed by atoms with Crippen LogP contribution in [0.25, 0.3) is 137 Å². The molecule has 4 aromatic heterocycles. The molecule has 15 rings (SSSR count). The van der Waals surface area contributed by atoms with Gasteiger partial charge in [-0.3, -0.25) is 9.20 Å². The van der Waals surface area contributed by atoms with E-state index in [9.17, 15) is 4.79 Å². The lowest BCUT2D eigenvalue weighted by molar-refractivity contribution is 1.18. The first-order chi connectivity index (χ1) is 34.1. The lowest BCUT2D eigenvalue weighted by atomic mass is 9.94. The second-order valence-corrected chi connectivity index (χ2v) is 18.4. The van der Waals surface area contributed by atoms with Gasteiger partial charge in [0.05, 0.1) is 33.1 Å². The molecule has 0 bridgehead atoms. The maximum absolute atomic E-state index is 14.1. The molecule has 0 saturated heterocycles. The van der Waals surface area contributed by atoms with Crippen molar-refractivity contribution in [2.75, 3.05) is 0 Å². The second kappa shape index (κ2) is 14.4. The van der Waals surface area contributed by atoms with Crippen LogP contribution in [0.3, 0.4) is 0 Å². The summed E-state index contributed by atoms with van der Waals surface area (Å²) in [7, 11) is 0. The average molecular weight is 878 g/mol. The van der Waals surface area contributed by atoms with Gasteiger partial charge in [-0.05, 0) is 134 Å². The highest BCUT2D eigenvalue weighted by atomic mass is 16.1. The van der Waals surface area contributed by atoms with E-state index >= 15 is 0 Å². The van der Waals surface area contributed by atoms with Crippen LogP contribution >= 0.6 is 0 Å². The average Bonchev–Trinajstić information content (AvgIpc) is 4.06. The van der Waals surface area contributed by atoms with E-state index in [2.05, 4.69) is 221 Å². The molecule has 0 unspecified atom stereocenters. The first-order valence-corrected chi connectivity index (χ1v) is 23.6. The lowest BCUT2D eigenvalue weighted by Gasteiger charge is -2.13. The van der Waals surface area contributed by atoms with Gasteiger partial charge in [-0.2, -0.15) is 0 Å². The Hall–Kier alpha value is -9.25. The molecule has 0 aliphatic carbocycles. The van der Waals surface area contributed by atoms with Crippen molar-refractivity contribution in [3.8, 4) is 44.8 Å². The minimum absolute atomic E-state index is 0.0221. The largest absolute Gasteiger partial charge is 0.309 e. The molecule has 69 heavy (non-hydrogen) atoms. The second-order valence-electron chi connectivity index (χ2n) is 18.4. The Balaban J connectivity index is 0.817. The topological polar surface area (TPSA) is 31.3 Å². The molecule has 4 heterocycles. The molecular weight excluding hydrogens is 839 g/mol. The Morgan fingerprint density at radius 2 is 0.754 bits per heavy atom. The van der Waals surface area contributed by atoms with Crippen molar-refractivity contribution < 1.29 is 0 Å². The van der Waals surface area contributed by atoms with Crippen LogP contribution in [0, 0.1) is 0 Å². The van der Waals surface area contributed by atoms with Crippen LogP contribution in [0.5, 0.6) is 0 Å². The van der Waals surface area contributed by atoms with Crippen LogP contribution in [0.15, 0.2) is 241 Å². The minimum atomic E-state index is 0.0221. The molecule has 0 radical (unpaired) electrons. The van der Waals surface area contributed by atoms with Gasteiger partial charge in [0.15, 0.2) is 0 Å². The van der Waals surface area contributed by atoms with Crippen LogP contribution < -0.4 is 5.56 Å². The van der Waals surface area contributed by atoms with E-state index in [1.165, 1.54) is 71.1 Å². The number of hydrogen-bond acceptors (Lipinski definition) is 1. The fourth-order valence-corrected chi connectivity index (χ4v) is 11.7. The highest BCUT2D eigenvalue weighted by molar-refractivity contribution is 6.21. The summed E-state index contributed by atoms with van der Waals surface area (Å²) in [4.78, 5) is 14.1. The van der Waals surface area contributed by atoms with E-state index in [0.717, 1.165) is 66.0 Å². The molecule has 15 aromatic rings. The third-order valence-electron chi connectivity index (χ3n) is 14.8. The normalized spacial score (nSPS) is 12.1. The van der Waals surface area contributed by atoms with Gasteiger partial charge in [-0.15, -0.1) is 0 Å². The molecule has 0 atom stereocenters. The minimum Gasteiger partial charge on any atom is -0.309 e. The van der Waals surface area contributed by atoms with Gasteiger partial charge in [0.1, 0.15) is 0 Å². The van der Waals surface area contributed by atoms with Gasteiger partial charge in [0.25, 0.3) is 5.56 Å². The fraction of sp³-hybridized carbons (Fsp3) is 0. The molecule has 320 valence electrons.